The van der Waals surface area contributed by atoms with Crippen LogP contribution >= 0.6 is 19.4 Å². The molecule has 0 radical (unpaired) electrons. The van der Waals surface area contributed by atoms with Crippen LogP contribution < -0.4 is 3.95 Å². The van der Waals surface area contributed by atoms with Crippen LogP contribution in [0.5, 0.6) is 0 Å². The SMILES string of the molecule is [I][Pt][c]1cccnc1-c1ccccc1. The van der Waals surface area contributed by atoms with Crippen LogP contribution in [-0.2, 0) is 14.9 Å². The molecule has 0 aliphatic rings. The van der Waals surface area contributed by atoms with Crippen molar-refractivity contribution < 1.29 is 14.9 Å². The van der Waals surface area contributed by atoms with Crippen molar-refractivity contribution in [3.05, 3.63) is 48.7 Å². The van der Waals surface area contributed by atoms with Gasteiger partial charge in [-0.1, -0.05) is 0 Å². The monoisotopic (exact) mass is 476 g/mol. The van der Waals surface area contributed by atoms with Crippen molar-refractivity contribution in [1.29, 1.82) is 0 Å². The topological polar surface area (TPSA) is 12.9 Å². The molecule has 1 heterocycles. The molecule has 0 amide bonds. The fraction of sp³-hybridized carbons (Fsp3) is 0. The Morgan fingerprint density at radius 1 is 1.00 bits per heavy atom. The Balaban J connectivity index is 2.51. The zero-order valence-electron chi connectivity index (χ0n) is 7.26. The Kier molecular flexibility index (Phi) is 3.71. The predicted octanol–water partition coefficient (Wildman–Crippen LogP) is 2.81. The normalized spacial score (nSPS) is 10.4. The molecule has 74 valence electrons. The Morgan fingerprint density at radius 2 is 1.79 bits per heavy atom. The summed E-state index contributed by atoms with van der Waals surface area (Å²) < 4.78 is 1.40. The molecule has 0 aliphatic heterocycles. The molecule has 0 aliphatic carbocycles. The Hall–Kier alpha value is -0.212. The molecular formula is C11H8INPt. The molecule has 14 heavy (non-hydrogen) atoms. The third-order valence-corrected chi connectivity index (χ3v) is 6.23. The van der Waals surface area contributed by atoms with Gasteiger partial charge >= 0.3 is 103 Å². The molecule has 0 fully saturated rings. The van der Waals surface area contributed by atoms with Crippen LogP contribution in [0.4, 0.5) is 0 Å². The van der Waals surface area contributed by atoms with E-state index in [1.165, 1.54) is 9.52 Å². The van der Waals surface area contributed by atoms with Crippen molar-refractivity contribution in [1.82, 2.24) is 4.98 Å². The van der Waals surface area contributed by atoms with Gasteiger partial charge in [-0.2, -0.15) is 0 Å². The zero-order valence-corrected chi connectivity index (χ0v) is 11.7. The Labute approximate surface area is 102 Å². The number of pyridine rings is 1. The molecule has 0 saturated heterocycles. The minimum atomic E-state index is 0.0600. The van der Waals surface area contributed by atoms with Crippen molar-refractivity contribution in [2.75, 3.05) is 0 Å². The van der Waals surface area contributed by atoms with Gasteiger partial charge in [-0.05, 0) is 0 Å². The van der Waals surface area contributed by atoms with Crippen LogP contribution in [0.3, 0.4) is 0 Å². The molecule has 1 aromatic heterocycles. The van der Waals surface area contributed by atoms with Gasteiger partial charge in [-0.15, -0.1) is 0 Å². The first-order valence-corrected chi connectivity index (χ1v) is 11.7. The standard InChI is InChI=1S/C11H8N.HI.Pt/c1-2-6-10(7-3-1)11-8-4-5-9-12-11;;/h1-7,9H;1H;/q;;+1/p-1. The minimum absolute atomic E-state index is 0.0600. The van der Waals surface area contributed by atoms with Gasteiger partial charge in [0, 0.05) is 0 Å². The van der Waals surface area contributed by atoms with Crippen LogP contribution in [0.1, 0.15) is 0 Å². The number of rotatable bonds is 2. The van der Waals surface area contributed by atoms with Gasteiger partial charge in [0.25, 0.3) is 0 Å². The van der Waals surface area contributed by atoms with E-state index in [2.05, 4.69) is 54.7 Å². The van der Waals surface area contributed by atoms with Crippen molar-refractivity contribution >= 4 is 23.3 Å². The fourth-order valence-corrected chi connectivity index (χ4v) is 4.52. The first kappa shape index (κ1) is 10.3. The van der Waals surface area contributed by atoms with Crippen molar-refractivity contribution in [3.63, 3.8) is 0 Å². The molecule has 0 N–H and O–H groups in total. The molecule has 0 bridgehead atoms. The summed E-state index contributed by atoms with van der Waals surface area (Å²) >= 11 is 2.54. The van der Waals surface area contributed by atoms with Crippen LogP contribution in [0, 0.1) is 0 Å². The van der Waals surface area contributed by atoms with Crippen LogP contribution in [0.25, 0.3) is 11.3 Å². The summed E-state index contributed by atoms with van der Waals surface area (Å²) in [6.07, 6.45) is 1.86. The summed E-state index contributed by atoms with van der Waals surface area (Å²) in [5.41, 5.74) is 2.37. The summed E-state index contributed by atoms with van der Waals surface area (Å²) in [7, 11) is 0. The summed E-state index contributed by atoms with van der Waals surface area (Å²) in [6, 6.07) is 14.6. The van der Waals surface area contributed by atoms with E-state index >= 15 is 0 Å². The summed E-state index contributed by atoms with van der Waals surface area (Å²) in [6.45, 7) is 0. The zero-order chi connectivity index (χ0) is 9.80. The molecule has 0 unspecified atom stereocenters. The van der Waals surface area contributed by atoms with E-state index in [1.54, 1.807) is 0 Å². The molecular weight excluding hydrogens is 468 g/mol. The molecule has 2 aromatic rings. The number of halogens is 1. The fourth-order valence-electron chi connectivity index (χ4n) is 1.22. The van der Waals surface area contributed by atoms with Gasteiger partial charge in [0.05, 0.1) is 0 Å². The van der Waals surface area contributed by atoms with Crippen LogP contribution in [0.2, 0.25) is 0 Å². The summed E-state index contributed by atoms with van der Waals surface area (Å²) in [5, 5.41) is 0. The number of nitrogens with zero attached hydrogens (tertiary/aromatic N) is 1. The molecule has 1 nitrogen and oxygen atoms in total. The summed E-state index contributed by atoms with van der Waals surface area (Å²) in [5.74, 6) is 0. The third-order valence-electron chi connectivity index (χ3n) is 1.85. The second kappa shape index (κ2) is 5.03. The van der Waals surface area contributed by atoms with E-state index in [9.17, 15) is 0 Å². The molecule has 1 aromatic carbocycles. The maximum absolute atomic E-state index is 4.44. The Bertz CT molecular complexity index is 417. The van der Waals surface area contributed by atoms with E-state index < -0.39 is 0 Å². The van der Waals surface area contributed by atoms with Crippen LogP contribution in [0.15, 0.2) is 48.7 Å². The maximum atomic E-state index is 4.44. The molecule has 3 heteroatoms. The van der Waals surface area contributed by atoms with Crippen LogP contribution in [-0.4, -0.2) is 4.98 Å². The number of hydrogen-bond donors (Lipinski definition) is 0. The number of benzene rings is 1. The average molecular weight is 476 g/mol. The van der Waals surface area contributed by atoms with E-state index in [0.29, 0.717) is 0 Å². The van der Waals surface area contributed by atoms with Crippen molar-refractivity contribution in [2.45, 2.75) is 0 Å². The molecule has 0 spiro atoms. The van der Waals surface area contributed by atoms with E-state index in [0.717, 1.165) is 5.69 Å². The second-order valence-electron chi connectivity index (χ2n) is 2.73. The summed E-state index contributed by atoms with van der Waals surface area (Å²) in [4.78, 5) is 4.44. The molecule has 0 saturated carbocycles. The quantitative estimate of drug-likeness (QED) is 0.608. The predicted molar refractivity (Wildman–Crippen MR) is 63.3 cm³/mol. The number of hydrogen-bond acceptors (Lipinski definition) is 1. The molecule has 2 rings (SSSR count). The van der Waals surface area contributed by atoms with Gasteiger partial charge in [0.1, 0.15) is 0 Å². The number of aromatic nitrogens is 1. The first-order chi connectivity index (χ1) is 6.92. The average Bonchev–Trinajstić information content (AvgIpc) is 2.30. The van der Waals surface area contributed by atoms with Gasteiger partial charge in [0.2, 0.25) is 0 Å². The van der Waals surface area contributed by atoms with E-state index in [1.807, 2.05) is 18.3 Å². The Morgan fingerprint density at radius 3 is 2.50 bits per heavy atom. The molecule has 0 atom stereocenters. The van der Waals surface area contributed by atoms with E-state index in [4.69, 9.17) is 0 Å². The van der Waals surface area contributed by atoms with Crippen molar-refractivity contribution in [2.24, 2.45) is 0 Å². The van der Waals surface area contributed by atoms with Gasteiger partial charge < -0.3 is 0 Å². The first-order valence-electron chi connectivity index (χ1n) is 4.13. The van der Waals surface area contributed by atoms with Gasteiger partial charge in [0.15, 0.2) is 0 Å². The second-order valence-corrected chi connectivity index (χ2v) is 7.17. The third kappa shape index (κ3) is 2.23. The van der Waals surface area contributed by atoms with Gasteiger partial charge in [-0.25, -0.2) is 0 Å². The van der Waals surface area contributed by atoms with Gasteiger partial charge in [-0.3, -0.25) is 0 Å². The van der Waals surface area contributed by atoms with Crippen molar-refractivity contribution in [3.8, 4) is 11.3 Å². The van der Waals surface area contributed by atoms with E-state index in [-0.39, 0.29) is 14.9 Å².